The standard InChI is InChI=1S/C30H33N7O4S/c1-17(39)35-9-10-37-19(15-35)12-26(33-37)31-23-13-22(32-34(5)28(23)40)20-7-6-8-24(21(20)16-38)36-14-18-11-25(30(2,3)4)42-27(18)29(36)41/h6-8,11-13,38H,9-10,14-16H2,1-5H3,(H,31,33). The van der Waals surface area contributed by atoms with Crippen molar-refractivity contribution in [1.82, 2.24) is 24.5 Å². The summed E-state index contributed by atoms with van der Waals surface area (Å²) in [7, 11) is 1.57. The zero-order chi connectivity index (χ0) is 29.9. The van der Waals surface area contributed by atoms with Gasteiger partial charge in [-0.25, -0.2) is 4.68 Å². The number of aromatic nitrogens is 4. The number of nitrogens with one attached hydrogen (secondary N) is 1. The zero-order valence-corrected chi connectivity index (χ0v) is 25.1. The third-order valence-corrected chi connectivity index (χ3v) is 9.35. The Morgan fingerprint density at radius 3 is 2.57 bits per heavy atom. The molecule has 0 atom stereocenters. The molecule has 218 valence electrons. The number of carbonyl (C=O) groups is 2. The van der Waals surface area contributed by atoms with Gasteiger partial charge in [0.05, 0.1) is 48.2 Å². The van der Waals surface area contributed by atoms with Crippen molar-refractivity contribution < 1.29 is 14.7 Å². The van der Waals surface area contributed by atoms with E-state index in [1.54, 1.807) is 29.8 Å². The molecule has 0 saturated carbocycles. The van der Waals surface area contributed by atoms with E-state index in [-0.39, 0.29) is 35.1 Å². The third-order valence-electron chi connectivity index (χ3n) is 7.76. The first-order valence-corrected chi connectivity index (χ1v) is 14.6. The Bertz CT molecular complexity index is 1800. The summed E-state index contributed by atoms with van der Waals surface area (Å²) in [6.07, 6.45) is 0. The number of aliphatic hydroxyl groups is 1. The monoisotopic (exact) mass is 587 g/mol. The van der Waals surface area contributed by atoms with Crippen molar-refractivity contribution in [2.75, 3.05) is 16.8 Å². The van der Waals surface area contributed by atoms with Gasteiger partial charge in [-0.2, -0.15) is 10.2 Å². The Kier molecular flexibility index (Phi) is 6.77. The van der Waals surface area contributed by atoms with Gasteiger partial charge in [-0.1, -0.05) is 32.9 Å². The number of benzene rings is 1. The van der Waals surface area contributed by atoms with E-state index in [0.717, 1.165) is 16.1 Å². The van der Waals surface area contributed by atoms with Gasteiger partial charge in [0.2, 0.25) is 5.91 Å². The van der Waals surface area contributed by atoms with E-state index in [0.29, 0.717) is 54.5 Å². The van der Waals surface area contributed by atoms with E-state index >= 15 is 0 Å². The maximum absolute atomic E-state index is 13.5. The van der Waals surface area contributed by atoms with Crippen molar-refractivity contribution in [3.63, 3.8) is 0 Å². The van der Waals surface area contributed by atoms with Crippen LogP contribution in [0.15, 0.2) is 41.2 Å². The third kappa shape index (κ3) is 4.80. The molecule has 0 radical (unpaired) electrons. The number of rotatable bonds is 5. The van der Waals surface area contributed by atoms with Crippen LogP contribution >= 0.6 is 11.3 Å². The Hall–Kier alpha value is -4.29. The molecule has 5 heterocycles. The Morgan fingerprint density at radius 1 is 1.10 bits per heavy atom. The fourth-order valence-corrected chi connectivity index (χ4v) is 6.63. The van der Waals surface area contributed by atoms with E-state index in [4.69, 9.17) is 0 Å². The molecular formula is C30H33N7O4S. The number of aliphatic hydroxyl groups excluding tert-OH is 1. The van der Waals surface area contributed by atoms with Gasteiger partial charge in [0.1, 0.15) is 5.69 Å². The van der Waals surface area contributed by atoms with E-state index in [1.165, 1.54) is 20.9 Å². The molecule has 0 saturated heterocycles. The van der Waals surface area contributed by atoms with Gasteiger partial charge >= 0.3 is 0 Å². The van der Waals surface area contributed by atoms with Gasteiger partial charge in [0.15, 0.2) is 5.82 Å². The first-order valence-electron chi connectivity index (χ1n) is 13.8. The summed E-state index contributed by atoms with van der Waals surface area (Å²) in [6, 6.07) is 11.1. The molecule has 42 heavy (non-hydrogen) atoms. The second-order valence-corrected chi connectivity index (χ2v) is 12.8. The van der Waals surface area contributed by atoms with Crippen LogP contribution in [0.3, 0.4) is 0 Å². The van der Waals surface area contributed by atoms with Crippen LogP contribution < -0.4 is 15.8 Å². The topological polar surface area (TPSA) is 126 Å². The summed E-state index contributed by atoms with van der Waals surface area (Å²) < 4.78 is 3.07. The van der Waals surface area contributed by atoms with Gasteiger partial charge in [-0.05, 0) is 29.2 Å². The number of carbonyl (C=O) groups excluding carboxylic acids is 2. The highest BCUT2D eigenvalue weighted by Crippen LogP contribution is 2.41. The Morgan fingerprint density at radius 2 is 1.88 bits per heavy atom. The molecule has 2 aliphatic heterocycles. The lowest BCUT2D eigenvalue weighted by molar-refractivity contribution is -0.130. The maximum Gasteiger partial charge on any atom is 0.290 e. The van der Waals surface area contributed by atoms with Gasteiger partial charge in [0.25, 0.3) is 11.5 Å². The van der Waals surface area contributed by atoms with Crippen LogP contribution in [0.1, 0.15) is 59.1 Å². The van der Waals surface area contributed by atoms with Crippen LogP contribution in [0.4, 0.5) is 17.2 Å². The molecule has 0 aliphatic carbocycles. The highest BCUT2D eigenvalue weighted by molar-refractivity contribution is 7.14. The molecule has 1 aromatic carbocycles. The van der Waals surface area contributed by atoms with Crippen LogP contribution in [-0.4, -0.2) is 47.9 Å². The van der Waals surface area contributed by atoms with Crippen molar-refractivity contribution in [3.05, 3.63) is 73.3 Å². The highest BCUT2D eigenvalue weighted by Gasteiger charge is 2.34. The van der Waals surface area contributed by atoms with Crippen LogP contribution in [0.5, 0.6) is 0 Å². The van der Waals surface area contributed by atoms with Crippen LogP contribution in [0, 0.1) is 0 Å². The molecule has 2 amide bonds. The number of amides is 2. The first kappa shape index (κ1) is 27.9. The Balaban J connectivity index is 1.33. The highest BCUT2D eigenvalue weighted by atomic mass is 32.1. The van der Waals surface area contributed by atoms with Gasteiger partial charge in [-0.3, -0.25) is 19.1 Å². The number of fused-ring (bicyclic) bond motifs is 2. The quantitative estimate of drug-likeness (QED) is 0.364. The smallest absolute Gasteiger partial charge is 0.290 e. The lowest BCUT2D eigenvalue weighted by Crippen LogP contribution is -2.36. The number of thiophene rings is 1. The molecule has 2 aliphatic rings. The summed E-state index contributed by atoms with van der Waals surface area (Å²) in [5, 5.41) is 22.7. The SMILES string of the molecule is CC(=O)N1CCn2nc(Nc3cc(-c4cccc(N5Cc6cc(C(C)(C)C)sc6C5=O)c4CO)nn(C)c3=O)cc2C1. The summed E-state index contributed by atoms with van der Waals surface area (Å²) >= 11 is 1.53. The second kappa shape index (κ2) is 10.2. The number of aryl methyl sites for hydroxylation is 1. The van der Waals surface area contributed by atoms with Crippen LogP contribution in [-0.2, 0) is 43.5 Å². The summed E-state index contributed by atoms with van der Waals surface area (Å²) in [5.41, 5.74) is 4.00. The molecule has 0 unspecified atom stereocenters. The summed E-state index contributed by atoms with van der Waals surface area (Å²) in [5.74, 6) is 0.414. The van der Waals surface area contributed by atoms with Crippen molar-refractivity contribution in [2.24, 2.45) is 7.05 Å². The molecule has 0 spiro atoms. The van der Waals surface area contributed by atoms with Crippen molar-refractivity contribution >= 4 is 40.3 Å². The lowest BCUT2D eigenvalue weighted by atomic mass is 9.94. The molecule has 6 rings (SSSR count). The summed E-state index contributed by atoms with van der Waals surface area (Å²) in [4.78, 5) is 43.7. The Labute approximate surface area is 247 Å². The van der Waals surface area contributed by atoms with Crippen molar-refractivity contribution in [1.29, 1.82) is 0 Å². The molecule has 2 N–H and O–H groups in total. The molecule has 12 heteroatoms. The minimum absolute atomic E-state index is 0.00687. The fourth-order valence-electron chi connectivity index (χ4n) is 5.45. The van der Waals surface area contributed by atoms with Gasteiger partial charge in [0, 0.05) is 42.6 Å². The molecule has 0 bridgehead atoms. The normalized spacial score (nSPS) is 14.8. The number of hydrogen-bond acceptors (Lipinski definition) is 8. The van der Waals surface area contributed by atoms with E-state index < -0.39 is 0 Å². The number of hydrogen-bond donors (Lipinski definition) is 2. The first-order chi connectivity index (χ1) is 19.9. The molecule has 11 nitrogen and oxygen atoms in total. The average Bonchev–Trinajstić information content (AvgIpc) is 3.63. The number of anilines is 3. The van der Waals surface area contributed by atoms with Crippen LogP contribution in [0.2, 0.25) is 0 Å². The predicted octanol–water partition coefficient (Wildman–Crippen LogP) is 3.76. The zero-order valence-electron chi connectivity index (χ0n) is 24.3. The summed E-state index contributed by atoms with van der Waals surface area (Å²) in [6.45, 7) is 9.67. The minimum atomic E-state index is -0.342. The maximum atomic E-state index is 13.5. The van der Waals surface area contributed by atoms with Gasteiger partial charge < -0.3 is 20.2 Å². The lowest BCUT2D eigenvalue weighted by Gasteiger charge is -2.26. The van der Waals surface area contributed by atoms with Crippen molar-refractivity contribution in [3.8, 4) is 11.3 Å². The molecular weight excluding hydrogens is 554 g/mol. The largest absolute Gasteiger partial charge is 0.392 e. The van der Waals surface area contributed by atoms with Crippen LogP contribution in [0.25, 0.3) is 11.3 Å². The molecule has 4 aromatic rings. The molecule has 3 aromatic heterocycles. The van der Waals surface area contributed by atoms with Gasteiger partial charge in [-0.15, -0.1) is 11.3 Å². The fraction of sp³-hybridized carbons (Fsp3) is 0.367. The van der Waals surface area contributed by atoms with E-state index in [1.807, 2.05) is 28.9 Å². The van der Waals surface area contributed by atoms with E-state index in [2.05, 4.69) is 42.4 Å². The van der Waals surface area contributed by atoms with E-state index in [9.17, 15) is 19.5 Å². The molecule has 0 fully saturated rings. The average molecular weight is 588 g/mol. The second-order valence-electron chi connectivity index (χ2n) is 11.7. The number of nitrogens with zero attached hydrogens (tertiary/aromatic N) is 6. The van der Waals surface area contributed by atoms with Crippen molar-refractivity contribution in [2.45, 2.75) is 59.4 Å². The minimum Gasteiger partial charge on any atom is -0.392 e. The predicted molar refractivity (Wildman–Crippen MR) is 161 cm³/mol.